The van der Waals surface area contributed by atoms with Gasteiger partial charge < -0.3 is 24.9 Å². The van der Waals surface area contributed by atoms with Crippen molar-refractivity contribution in [1.29, 1.82) is 0 Å². The van der Waals surface area contributed by atoms with Gasteiger partial charge in [-0.25, -0.2) is 9.97 Å². The van der Waals surface area contributed by atoms with Crippen LogP contribution in [0.1, 0.15) is 33.2 Å². The lowest BCUT2D eigenvalue weighted by Gasteiger charge is -2.34. The van der Waals surface area contributed by atoms with Crippen LogP contribution in [0.15, 0.2) is 79.1 Å². The highest BCUT2D eigenvalue weighted by Gasteiger charge is 2.24. The minimum atomic E-state index is -0.161. The number of aromatic hydroxyl groups is 1. The minimum Gasteiger partial charge on any atom is -0.507 e. The number of methoxy groups -OCH3 is 1. The molecule has 10 heteroatoms. The van der Waals surface area contributed by atoms with Gasteiger partial charge in [-0.05, 0) is 62.4 Å². The van der Waals surface area contributed by atoms with Gasteiger partial charge in [0.25, 0.3) is 5.91 Å². The van der Waals surface area contributed by atoms with Crippen molar-refractivity contribution in [2.75, 3.05) is 40.0 Å². The van der Waals surface area contributed by atoms with Crippen LogP contribution in [0.25, 0.3) is 22.4 Å². The summed E-state index contributed by atoms with van der Waals surface area (Å²) in [4.78, 5) is 31.6. The first-order valence-corrected chi connectivity index (χ1v) is 14.2. The number of carbonyl (C=O) groups is 1. The van der Waals surface area contributed by atoms with Crippen molar-refractivity contribution < 1.29 is 19.4 Å². The fourth-order valence-corrected chi connectivity index (χ4v) is 4.98. The van der Waals surface area contributed by atoms with Crippen LogP contribution >= 0.6 is 0 Å². The summed E-state index contributed by atoms with van der Waals surface area (Å²) in [6.07, 6.45) is 3.49. The van der Waals surface area contributed by atoms with Crippen LogP contribution < -0.4 is 10.1 Å². The van der Waals surface area contributed by atoms with Crippen molar-refractivity contribution in [3.63, 3.8) is 0 Å². The SMILES string of the molecule is COc1ncccc1C.Cc1ccc(O)c(-c2nc3ccc(C(=O)NCC(c4ccccn4)N4CCOCC4)cc3[nH]2)c1. The van der Waals surface area contributed by atoms with Crippen molar-refractivity contribution in [3.8, 4) is 23.0 Å². The molecule has 4 heterocycles. The summed E-state index contributed by atoms with van der Waals surface area (Å²) in [5.74, 6) is 1.27. The molecule has 1 aliphatic rings. The van der Waals surface area contributed by atoms with Gasteiger partial charge in [-0.3, -0.25) is 14.7 Å². The number of amides is 1. The number of ether oxygens (including phenoxy) is 2. The number of rotatable bonds is 7. The zero-order chi connectivity index (χ0) is 30.2. The van der Waals surface area contributed by atoms with Gasteiger partial charge in [-0.2, -0.15) is 0 Å². The Labute approximate surface area is 250 Å². The molecule has 0 radical (unpaired) electrons. The van der Waals surface area contributed by atoms with E-state index < -0.39 is 0 Å². The van der Waals surface area contributed by atoms with Gasteiger partial charge >= 0.3 is 0 Å². The number of nitrogens with zero attached hydrogens (tertiary/aromatic N) is 4. The topological polar surface area (TPSA) is 125 Å². The zero-order valence-corrected chi connectivity index (χ0v) is 24.6. The molecule has 5 aromatic rings. The molecular formula is C33H36N6O4. The maximum atomic E-state index is 13.0. The fourth-order valence-electron chi connectivity index (χ4n) is 4.98. The lowest BCUT2D eigenvalue weighted by molar-refractivity contribution is 0.0154. The van der Waals surface area contributed by atoms with E-state index in [-0.39, 0.29) is 17.7 Å². The summed E-state index contributed by atoms with van der Waals surface area (Å²) in [7, 11) is 1.62. The Hall–Kier alpha value is -4.80. The average Bonchev–Trinajstić information content (AvgIpc) is 3.47. The molecule has 1 unspecified atom stereocenters. The van der Waals surface area contributed by atoms with Gasteiger partial charge in [0.15, 0.2) is 0 Å². The van der Waals surface area contributed by atoms with Crippen LogP contribution in [-0.2, 0) is 4.74 Å². The van der Waals surface area contributed by atoms with Crippen molar-refractivity contribution in [2.45, 2.75) is 19.9 Å². The normalized spacial score (nSPS) is 14.0. The van der Waals surface area contributed by atoms with Crippen LogP contribution in [0.4, 0.5) is 0 Å². The second-order valence-corrected chi connectivity index (χ2v) is 10.3. The van der Waals surface area contributed by atoms with Gasteiger partial charge in [0, 0.05) is 43.2 Å². The first kappa shape index (κ1) is 29.7. The number of imidazole rings is 1. The number of phenols is 1. The first-order valence-electron chi connectivity index (χ1n) is 14.2. The number of H-pyrrole nitrogens is 1. The summed E-state index contributed by atoms with van der Waals surface area (Å²) in [5.41, 5.74) is 5.65. The zero-order valence-electron chi connectivity index (χ0n) is 24.6. The van der Waals surface area contributed by atoms with Crippen LogP contribution in [0.5, 0.6) is 11.6 Å². The number of benzene rings is 2. The Morgan fingerprint density at radius 1 is 1.05 bits per heavy atom. The van der Waals surface area contributed by atoms with Crippen molar-refractivity contribution in [3.05, 3.63) is 102 Å². The molecule has 0 bridgehead atoms. The van der Waals surface area contributed by atoms with E-state index in [4.69, 9.17) is 9.47 Å². The monoisotopic (exact) mass is 580 g/mol. The molecule has 0 saturated carbocycles. The largest absolute Gasteiger partial charge is 0.507 e. The minimum absolute atomic E-state index is 0.0270. The summed E-state index contributed by atoms with van der Waals surface area (Å²) >= 11 is 0. The predicted molar refractivity (Wildman–Crippen MR) is 165 cm³/mol. The Morgan fingerprint density at radius 2 is 1.86 bits per heavy atom. The number of morpholine rings is 1. The van der Waals surface area contributed by atoms with E-state index in [2.05, 4.69) is 30.2 Å². The van der Waals surface area contributed by atoms with Crippen LogP contribution in [0.3, 0.4) is 0 Å². The number of phenolic OH excluding ortho intramolecular Hbond substituents is 1. The standard InChI is InChI=1S/C26H27N5O3.C7H9NO/c1-17-5-8-24(32)19(14-17)25-29-20-7-6-18(15-22(20)30-25)26(33)28-16-23(21-4-2-3-9-27-21)31-10-12-34-13-11-31;1-6-4-3-5-8-7(6)9-2/h2-9,14-15,23,32H,10-13,16H2,1H3,(H,28,33)(H,29,30);3-5H,1-2H3. The molecule has 1 fully saturated rings. The quantitative estimate of drug-likeness (QED) is 0.250. The molecular weight excluding hydrogens is 544 g/mol. The predicted octanol–water partition coefficient (Wildman–Crippen LogP) is 4.84. The molecule has 222 valence electrons. The second-order valence-electron chi connectivity index (χ2n) is 10.3. The maximum Gasteiger partial charge on any atom is 0.251 e. The molecule has 10 nitrogen and oxygen atoms in total. The summed E-state index contributed by atoms with van der Waals surface area (Å²) < 4.78 is 10.4. The third kappa shape index (κ3) is 7.35. The Kier molecular flexibility index (Phi) is 9.60. The van der Waals surface area contributed by atoms with Crippen molar-refractivity contribution >= 4 is 16.9 Å². The van der Waals surface area contributed by atoms with Crippen molar-refractivity contribution in [1.82, 2.24) is 30.2 Å². The molecule has 1 atom stereocenters. The van der Waals surface area contributed by atoms with E-state index >= 15 is 0 Å². The number of aromatic nitrogens is 4. The molecule has 1 aliphatic heterocycles. The van der Waals surface area contributed by atoms with E-state index in [0.717, 1.165) is 40.9 Å². The van der Waals surface area contributed by atoms with E-state index in [0.29, 0.717) is 42.6 Å². The number of hydrogen-bond acceptors (Lipinski definition) is 8. The van der Waals surface area contributed by atoms with E-state index in [1.165, 1.54) is 0 Å². The molecule has 3 N–H and O–H groups in total. The highest BCUT2D eigenvalue weighted by molar-refractivity contribution is 5.97. The van der Waals surface area contributed by atoms with Crippen LogP contribution in [0, 0.1) is 13.8 Å². The third-order valence-electron chi connectivity index (χ3n) is 7.28. The molecule has 6 rings (SSSR count). The van der Waals surface area contributed by atoms with Crippen molar-refractivity contribution in [2.24, 2.45) is 0 Å². The van der Waals surface area contributed by atoms with Gasteiger partial charge in [0.1, 0.15) is 11.6 Å². The van der Waals surface area contributed by atoms with Gasteiger partial charge in [0.05, 0.1) is 48.7 Å². The molecule has 0 aliphatic carbocycles. The second kappa shape index (κ2) is 13.9. The Balaban J connectivity index is 0.000000351. The lowest BCUT2D eigenvalue weighted by Crippen LogP contribution is -2.44. The van der Waals surface area contributed by atoms with E-state index in [1.54, 1.807) is 37.7 Å². The highest BCUT2D eigenvalue weighted by atomic mass is 16.5. The lowest BCUT2D eigenvalue weighted by atomic mass is 10.1. The van der Waals surface area contributed by atoms with Gasteiger partial charge in [-0.15, -0.1) is 0 Å². The number of nitrogens with one attached hydrogen (secondary N) is 2. The number of aryl methyl sites for hydroxylation is 2. The van der Waals surface area contributed by atoms with Gasteiger partial charge in [0.2, 0.25) is 5.88 Å². The van der Waals surface area contributed by atoms with E-state index in [9.17, 15) is 9.90 Å². The van der Waals surface area contributed by atoms with E-state index in [1.807, 2.05) is 62.4 Å². The number of carbonyl (C=O) groups excluding carboxylic acids is 1. The fraction of sp³-hybridized carbons (Fsp3) is 0.273. The third-order valence-corrected chi connectivity index (χ3v) is 7.28. The molecule has 0 spiro atoms. The highest BCUT2D eigenvalue weighted by Crippen LogP contribution is 2.30. The number of pyridine rings is 2. The maximum absolute atomic E-state index is 13.0. The summed E-state index contributed by atoms with van der Waals surface area (Å²) in [6.45, 7) is 7.31. The molecule has 1 amide bonds. The molecule has 1 saturated heterocycles. The van der Waals surface area contributed by atoms with Gasteiger partial charge in [-0.1, -0.05) is 23.8 Å². The number of aromatic amines is 1. The average molecular weight is 581 g/mol. The molecule has 2 aromatic carbocycles. The Bertz CT molecular complexity index is 1670. The Morgan fingerprint density at radius 3 is 2.58 bits per heavy atom. The smallest absolute Gasteiger partial charge is 0.251 e. The van der Waals surface area contributed by atoms with Crippen LogP contribution in [0.2, 0.25) is 0 Å². The summed E-state index contributed by atoms with van der Waals surface area (Å²) in [5, 5.41) is 13.3. The molecule has 43 heavy (non-hydrogen) atoms. The number of hydrogen-bond donors (Lipinski definition) is 3. The number of fused-ring (bicyclic) bond motifs is 1. The summed E-state index contributed by atoms with van der Waals surface area (Å²) in [6, 6.07) is 20.4. The first-order chi connectivity index (χ1) is 20.9. The molecule has 3 aromatic heterocycles. The van der Waals surface area contributed by atoms with Crippen LogP contribution in [-0.4, -0.2) is 75.8 Å².